The minimum absolute atomic E-state index is 0.137. The van der Waals surface area contributed by atoms with Gasteiger partial charge in [-0.2, -0.15) is 0 Å². The average molecular weight is 813 g/mol. The molecule has 4 aliphatic rings. The van der Waals surface area contributed by atoms with E-state index in [0.29, 0.717) is 25.9 Å². The summed E-state index contributed by atoms with van der Waals surface area (Å²) in [4.78, 5) is 79.9. The first-order chi connectivity index (χ1) is 27.6. The predicted molar refractivity (Wildman–Crippen MR) is 219 cm³/mol. The Morgan fingerprint density at radius 2 is 0.966 bits per heavy atom. The molecule has 0 aromatic heterocycles. The van der Waals surface area contributed by atoms with Crippen molar-refractivity contribution in [1.29, 1.82) is 0 Å². The number of amides is 4. The standard InChI is InChI=1S/2C22H34N2O5/c2*1-5-8-9-10-11-24(4)20(27)18-13-16(25)12-17(18)19(26)23-22(14-15(22)6-2)21(28)29-7-3/h2*5-6,15-18,25H,1-2,7-14H2,3-4H3,(H,23,26)/t2*15-,16-,17-,18-,22-/m11/s1. The van der Waals surface area contributed by atoms with Crippen molar-refractivity contribution < 1.29 is 48.5 Å². The topological polar surface area (TPSA) is 192 Å². The molecule has 10 atom stereocenters. The van der Waals surface area contributed by atoms with Crippen LogP contribution >= 0.6 is 0 Å². The maximum Gasteiger partial charge on any atom is 0.332 e. The number of nitrogens with one attached hydrogen (secondary N) is 2. The number of rotatable bonds is 22. The molecule has 58 heavy (non-hydrogen) atoms. The van der Waals surface area contributed by atoms with Crippen molar-refractivity contribution in [2.45, 2.75) is 114 Å². The highest BCUT2D eigenvalue weighted by Crippen LogP contribution is 2.47. The smallest absolute Gasteiger partial charge is 0.332 e. The number of nitrogens with zero attached hydrogens (tertiary/aromatic N) is 2. The molecule has 4 N–H and O–H groups in total. The lowest BCUT2D eigenvalue weighted by atomic mass is 9.93. The van der Waals surface area contributed by atoms with Crippen LogP contribution in [-0.4, -0.2) is 119 Å². The number of hydrogen-bond donors (Lipinski definition) is 4. The van der Waals surface area contributed by atoms with Crippen LogP contribution in [0.5, 0.6) is 0 Å². The fraction of sp³-hybridized carbons (Fsp3) is 0.682. The van der Waals surface area contributed by atoms with Crippen molar-refractivity contribution in [1.82, 2.24) is 20.4 Å². The van der Waals surface area contributed by atoms with Gasteiger partial charge in [-0.15, -0.1) is 26.3 Å². The van der Waals surface area contributed by atoms with E-state index in [-0.39, 0.29) is 74.4 Å². The van der Waals surface area contributed by atoms with E-state index in [4.69, 9.17) is 9.47 Å². The van der Waals surface area contributed by atoms with Gasteiger partial charge in [0.15, 0.2) is 0 Å². The van der Waals surface area contributed by atoms with Gasteiger partial charge in [-0.25, -0.2) is 9.59 Å². The van der Waals surface area contributed by atoms with Crippen LogP contribution in [0.1, 0.15) is 90.9 Å². The molecule has 0 saturated heterocycles. The Kier molecular flexibility index (Phi) is 18.4. The molecule has 0 heterocycles. The van der Waals surface area contributed by atoms with Crippen LogP contribution in [0.2, 0.25) is 0 Å². The molecule has 14 heteroatoms. The number of ether oxygens (including phenoxy) is 2. The van der Waals surface area contributed by atoms with Gasteiger partial charge in [0.25, 0.3) is 0 Å². The summed E-state index contributed by atoms with van der Waals surface area (Å²) < 4.78 is 10.3. The Morgan fingerprint density at radius 1 is 0.621 bits per heavy atom. The molecule has 4 rings (SSSR count). The van der Waals surface area contributed by atoms with Gasteiger partial charge in [-0.05, 0) is 90.9 Å². The zero-order valence-electron chi connectivity index (χ0n) is 35.1. The summed E-state index contributed by atoms with van der Waals surface area (Å²) in [6, 6.07) is 0. The summed E-state index contributed by atoms with van der Waals surface area (Å²) >= 11 is 0. The van der Waals surface area contributed by atoms with E-state index in [1.165, 1.54) is 0 Å². The number of hydrogen-bond acceptors (Lipinski definition) is 10. The fourth-order valence-electron chi connectivity index (χ4n) is 8.36. The molecule has 4 amide bonds. The number of carbonyl (C=O) groups is 6. The third kappa shape index (κ3) is 11.9. The third-order valence-corrected chi connectivity index (χ3v) is 12.0. The lowest BCUT2D eigenvalue weighted by molar-refractivity contribution is -0.150. The quantitative estimate of drug-likeness (QED) is 0.0714. The second-order valence-corrected chi connectivity index (χ2v) is 16.2. The molecule has 14 nitrogen and oxygen atoms in total. The van der Waals surface area contributed by atoms with E-state index in [9.17, 15) is 39.0 Å². The van der Waals surface area contributed by atoms with E-state index in [2.05, 4.69) is 36.9 Å². The van der Waals surface area contributed by atoms with Crippen LogP contribution in [0.15, 0.2) is 50.6 Å². The maximum atomic E-state index is 13.0. The van der Waals surface area contributed by atoms with Crippen molar-refractivity contribution in [3.05, 3.63) is 50.6 Å². The summed E-state index contributed by atoms with van der Waals surface area (Å²) in [5.41, 5.74) is -2.18. The van der Waals surface area contributed by atoms with Gasteiger partial charge in [0.2, 0.25) is 23.6 Å². The molecule has 0 aromatic carbocycles. The van der Waals surface area contributed by atoms with Gasteiger partial charge >= 0.3 is 11.9 Å². The van der Waals surface area contributed by atoms with Crippen LogP contribution < -0.4 is 10.6 Å². The Hall–Kier alpha value is -4.30. The van der Waals surface area contributed by atoms with Crippen molar-refractivity contribution in [2.75, 3.05) is 40.4 Å². The Bertz CT molecular complexity index is 1410. The van der Waals surface area contributed by atoms with Crippen LogP contribution in [0.3, 0.4) is 0 Å². The number of allylic oxidation sites excluding steroid dienone is 2. The minimum Gasteiger partial charge on any atom is -0.464 e. The highest BCUT2D eigenvalue weighted by Gasteiger charge is 2.63. The number of esters is 2. The molecule has 4 saturated carbocycles. The maximum absolute atomic E-state index is 13.0. The number of carbonyl (C=O) groups excluding carboxylic acids is 6. The summed E-state index contributed by atoms with van der Waals surface area (Å²) in [7, 11) is 3.45. The van der Waals surface area contributed by atoms with Gasteiger partial charge in [-0.1, -0.05) is 24.3 Å². The van der Waals surface area contributed by atoms with Gasteiger partial charge in [0.05, 0.1) is 49.1 Å². The van der Waals surface area contributed by atoms with E-state index in [1.54, 1.807) is 49.9 Å². The first-order valence-electron chi connectivity index (χ1n) is 20.9. The summed E-state index contributed by atoms with van der Waals surface area (Å²) in [5, 5.41) is 25.9. The van der Waals surface area contributed by atoms with E-state index < -0.39 is 58.9 Å². The normalized spacial score (nSPS) is 30.3. The Labute approximate surface area is 344 Å². The van der Waals surface area contributed by atoms with Crippen LogP contribution in [0.25, 0.3) is 0 Å². The SMILES string of the molecule is C=CCCCCN(C)C(=O)[C@@H]1C[C@H](O)C[C@H]1C(=O)N[C@]1(C(=O)OCC)C[C@H]1C=C.C=CCCCCN(C)C(=O)[C@@H]1C[C@H](O)C[C@H]1C(=O)N[C@]1(C(=O)OCC)C[C@H]1C=C. The van der Waals surface area contributed by atoms with E-state index in [1.807, 2.05) is 12.2 Å². The molecule has 0 bridgehead atoms. The first kappa shape index (κ1) is 48.1. The summed E-state index contributed by atoms with van der Waals surface area (Å²) in [5.74, 6) is -4.84. The third-order valence-electron chi connectivity index (χ3n) is 12.0. The molecule has 0 unspecified atom stereocenters. The van der Waals surface area contributed by atoms with E-state index in [0.717, 1.165) is 38.5 Å². The summed E-state index contributed by atoms with van der Waals surface area (Å²) in [6.07, 6.45) is 12.8. The fourth-order valence-corrected chi connectivity index (χ4v) is 8.36. The molecule has 0 spiro atoms. The van der Waals surface area contributed by atoms with Crippen LogP contribution in [-0.2, 0) is 38.2 Å². The molecular weight excluding hydrogens is 745 g/mol. The largest absolute Gasteiger partial charge is 0.464 e. The van der Waals surface area contributed by atoms with Gasteiger partial charge < -0.3 is 40.1 Å². The van der Waals surface area contributed by atoms with Crippen molar-refractivity contribution >= 4 is 35.6 Å². The molecule has 0 radical (unpaired) electrons. The average Bonchev–Trinajstić information content (AvgIpc) is 4.00. The highest BCUT2D eigenvalue weighted by atomic mass is 16.5. The van der Waals surface area contributed by atoms with Crippen LogP contribution in [0.4, 0.5) is 0 Å². The number of aliphatic hydroxyl groups is 2. The zero-order valence-corrected chi connectivity index (χ0v) is 35.1. The number of unbranched alkanes of at least 4 members (excludes halogenated alkanes) is 4. The molecule has 0 aromatic rings. The second kappa shape index (κ2) is 22.2. The van der Waals surface area contributed by atoms with Gasteiger partial charge in [0, 0.05) is 39.0 Å². The molecule has 4 aliphatic carbocycles. The highest BCUT2D eigenvalue weighted by molar-refractivity contribution is 5.96. The lowest BCUT2D eigenvalue weighted by Gasteiger charge is -2.26. The van der Waals surface area contributed by atoms with Crippen molar-refractivity contribution in [3.63, 3.8) is 0 Å². The molecular formula is C44H68N4O10. The van der Waals surface area contributed by atoms with Gasteiger partial charge in [-0.3, -0.25) is 19.2 Å². The minimum atomic E-state index is -1.09. The Balaban J connectivity index is 0.000000310. The number of aliphatic hydroxyl groups excluding tert-OH is 2. The zero-order chi connectivity index (χ0) is 43.2. The van der Waals surface area contributed by atoms with E-state index >= 15 is 0 Å². The molecule has 4 fully saturated rings. The molecule has 324 valence electrons. The monoisotopic (exact) mass is 812 g/mol. The Morgan fingerprint density at radius 3 is 1.26 bits per heavy atom. The van der Waals surface area contributed by atoms with Gasteiger partial charge in [0.1, 0.15) is 11.1 Å². The molecule has 0 aliphatic heterocycles. The van der Waals surface area contributed by atoms with Crippen LogP contribution in [0, 0.1) is 35.5 Å². The second-order valence-electron chi connectivity index (χ2n) is 16.2. The lowest BCUT2D eigenvalue weighted by Crippen LogP contribution is -2.50. The van der Waals surface area contributed by atoms with Crippen molar-refractivity contribution in [2.24, 2.45) is 35.5 Å². The van der Waals surface area contributed by atoms with Crippen molar-refractivity contribution in [3.8, 4) is 0 Å². The predicted octanol–water partition coefficient (Wildman–Crippen LogP) is 3.62. The first-order valence-corrected chi connectivity index (χ1v) is 20.9. The summed E-state index contributed by atoms with van der Waals surface area (Å²) in [6.45, 7) is 19.9.